The maximum Gasteiger partial charge on any atom is 0.0363 e. The van der Waals surface area contributed by atoms with Gasteiger partial charge in [-0.15, -0.1) is 0 Å². The van der Waals surface area contributed by atoms with Crippen LogP contribution in [0.4, 0.5) is 5.69 Å². The summed E-state index contributed by atoms with van der Waals surface area (Å²) >= 11 is 0. The molecule has 2 aromatic carbocycles. The zero-order valence-electron chi connectivity index (χ0n) is 15.3. The lowest BCUT2D eigenvalue weighted by Crippen LogP contribution is -2.19. The number of para-hydroxylation sites is 1. The van der Waals surface area contributed by atoms with Crippen LogP contribution in [-0.2, 0) is 0 Å². The van der Waals surface area contributed by atoms with Crippen molar-refractivity contribution in [1.82, 2.24) is 0 Å². The number of unbranched alkanes of at least 4 members (excludes halogenated alkanes) is 2. The summed E-state index contributed by atoms with van der Waals surface area (Å²) < 4.78 is 0. The highest BCUT2D eigenvalue weighted by atomic mass is 15.1. The minimum Gasteiger partial charge on any atom is -0.375 e. The van der Waals surface area contributed by atoms with Crippen LogP contribution in [0.1, 0.15) is 57.9 Å². The zero-order chi connectivity index (χ0) is 16.9. The van der Waals surface area contributed by atoms with E-state index in [-0.39, 0.29) is 0 Å². The lowest BCUT2D eigenvalue weighted by molar-refractivity contribution is 0.671. The molecule has 2 aromatic rings. The highest BCUT2D eigenvalue weighted by Gasteiger charge is 2.06. The molecule has 0 spiro atoms. The van der Waals surface area contributed by atoms with Crippen molar-refractivity contribution in [3.8, 4) is 0 Å². The van der Waals surface area contributed by atoms with Crippen LogP contribution in [0.5, 0.6) is 0 Å². The van der Waals surface area contributed by atoms with Crippen molar-refractivity contribution in [2.24, 2.45) is 0 Å². The fourth-order valence-electron chi connectivity index (χ4n) is 2.50. The molecule has 0 N–H and O–H groups in total. The van der Waals surface area contributed by atoms with Crippen molar-refractivity contribution >= 4 is 5.69 Å². The minimum absolute atomic E-state index is 0.609. The highest BCUT2D eigenvalue weighted by Crippen LogP contribution is 2.20. The summed E-state index contributed by atoms with van der Waals surface area (Å²) in [5.74, 6) is 0.609. The molecule has 0 aliphatic carbocycles. The number of anilines is 1. The Kier molecular flexibility index (Phi) is 9.86. The predicted molar refractivity (Wildman–Crippen MR) is 104 cm³/mol. The average Bonchev–Trinajstić information content (AvgIpc) is 2.62. The third-order valence-corrected chi connectivity index (χ3v) is 4.17. The third kappa shape index (κ3) is 7.88. The maximum atomic E-state index is 2.32. The SMILES string of the molecule is CC(CCN(C)c1ccccc1)c1ccccc1.CCCCC. The molecule has 1 unspecified atom stereocenters. The Morgan fingerprint density at radius 3 is 1.83 bits per heavy atom. The molecule has 0 saturated heterocycles. The van der Waals surface area contributed by atoms with Gasteiger partial charge in [0.05, 0.1) is 0 Å². The van der Waals surface area contributed by atoms with E-state index in [2.05, 4.69) is 93.4 Å². The van der Waals surface area contributed by atoms with Gasteiger partial charge in [0, 0.05) is 19.3 Å². The summed E-state index contributed by atoms with van der Waals surface area (Å²) in [7, 11) is 2.16. The molecule has 2 rings (SSSR count). The van der Waals surface area contributed by atoms with Gasteiger partial charge in [-0.1, -0.05) is 88.6 Å². The van der Waals surface area contributed by atoms with Crippen molar-refractivity contribution in [2.45, 2.75) is 52.4 Å². The summed E-state index contributed by atoms with van der Waals surface area (Å²) in [5.41, 5.74) is 2.72. The van der Waals surface area contributed by atoms with E-state index in [1.807, 2.05) is 0 Å². The summed E-state index contributed by atoms with van der Waals surface area (Å²) in [6.45, 7) is 7.81. The second kappa shape index (κ2) is 11.8. The van der Waals surface area contributed by atoms with E-state index in [0.717, 1.165) is 6.54 Å². The molecule has 126 valence electrons. The van der Waals surface area contributed by atoms with Gasteiger partial charge < -0.3 is 4.90 Å². The number of hydrogen-bond acceptors (Lipinski definition) is 1. The molecular formula is C22H33N. The number of benzene rings is 2. The summed E-state index contributed by atoms with van der Waals surface area (Å²) in [6.07, 6.45) is 5.25. The van der Waals surface area contributed by atoms with E-state index in [9.17, 15) is 0 Å². The molecule has 0 saturated carbocycles. The highest BCUT2D eigenvalue weighted by molar-refractivity contribution is 5.44. The Labute approximate surface area is 143 Å². The van der Waals surface area contributed by atoms with Crippen LogP contribution in [0.25, 0.3) is 0 Å². The Balaban J connectivity index is 0.000000463. The number of nitrogens with zero attached hydrogens (tertiary/aromatic N) is 1. The lowest BCUT2D eigenvalue weighted by Gasteiger charge is -2.21. The van der Waals surface area contributed by atoms with E-state index < -0.39 is 0 Å². The second-order valence-electron chi connectivity index (χ2n) is 6.21. The summed E-state index contributed by atoms with van der Waals surface area (Å²) in [4.78, 5) is 2.32. The van der Waals surface area contributed by atoms with Gasteiger partial charge in [-0.3, -0.25) is 0 Å². The van der Waals surface area contributed by atoms with Gasteiger partial charge in [-0.2, -0.15) is 0 Å². The standard InChI is InChI=1S/C17H21N.C5H12/c1-15(16-9-5-3-6-10-16)13-14-18(2)17-11-7-4-8-12-17;1-3-5-4-2/h3-12,15H,13-14H2,1-2H3;3-5H2,1-2H3. The van der Waals surface area contributed by atoms with Gasteiger partial charge >= 0.3 is 0 Å². The average molecular weight is 312 g/mol. The van der Waals surface area contributed by atoms with Crippen LogP contribution in [0.2, 0.25) is 0 Å². The van der Waals surface area contributed by atoms with Gasteiger partial charge in [0.1, 0.15) is 0 Å². The Bertz CT molecular complexity index is 444. The van der Waals surface area contributed by atoms with Crippen LogP contribution < -0.4 is 4.90 Å². The van der Waals surface area contributed by atoms with Crippen LogP contribution >= 0.6 is 0 Å². The molecule has 23 heavy (non-hydrogen) atoms. The zero-order valence-corrected chi connectivity index (χ0v) is 15.3. The predicted octanol–water partition coefficient (Wildman–Crippen LogP) is 6.51. The topological polar surface area (TPSA) is 3.24 Å². The molecule has 0 bridgehead atoms. The van der Waals surface area contributed by atoms with Crippen molar-refractivity contribution in [1.29, 1.82) is 0 Å². The van der Waals surface area contributed by atoms with Crippen molar-refractivity contribution in [2.75, 3.05) is 18.5 Å². The maximum absolute atomic E-state index is 2.32. The summed E-state index contributed by atoms with van der Waals surface area (Å²) in [6, 6.07) is 21.3. The number of hydrogen-bond donors (Lipinski definition) is 0. The van der Waals surface area contributed by atoms with Crippen LogP contribution in [0, 0.1) is 0 Å². The number of rotatable bonds is 7. The molecule has 0 aliphatic rings. The van der Waals surface area contributed by atoms with Crippen LogP contribution in [-0.4, -0.2) is 13.6 Å². The smallest absolute Gasteiger partial charge is 0.0363 e. The van der Waals surface area contributed by atoms with Crippen LogP contribution in [0.15, 0.2) is 60.7 Å². The molecule has 0 aliphatic heterocycles. The van der Waals surface area contributed by atoms with E-state index in [1.165, 1.54) is 36.9 Å². The third-order valence-electron chi connectivity index (χ3n) is 4.17. The summed E-state index contributed by atoms with van der Waals surface area (Å²) in [5, 5.41) is 0. The Morgan fingerprint density at radius 1 is 0.826 bits per heavy atom. The monoisotopic (exact) mass is 311 g/mol. The normalized spacial score (nSPS) is 11.3. The molecule has 0 fully saturated rings. The lowest BCUT2D eigenvalue weighted by atomic mass is 9.98. The van der Waals surface area contributed by atoms with Gasteiger partial charge in [0.15, 0.2) is 0 Å². The molecular weight excluding hydrogens is 278 g/mol. The van der Waals surface area contributed by atoms with Crippen molar-refractivity contribution < 1.29 is 0 Å². The van der Waals surface area contributed by atoms with E-state index in [1.54, 1.807) is 0 Å². The van der Waals surface area contributed by atoms with Gasteiger partial charge in [0.25, 0.3) is 0 Å². The van der Waals surface area contributed by atoms with Crippen molar-refractivity contribution in [3.63, 3.8) is 0 Å². The molecule has 0 heterocycles. The Morgan fingerprint density at radius 2 is 1.35 bits per heavy atom. The molecule has 0 radical (unpaired) electrons. The molecule has 1 atom stereocenters. The first-order valence-electron chi connectivity index (χ1n) is 9.00. The fraction of sp³-hybridized carbons (Fsp3) is 0.455. The first-order chi connectivity index (χ1) is 11.2. The van der Waals surface area contributed by atoms with Gasteiger partial charge in [0.2, 0.25) is 0 Å². The molecule has 0 aromatic heterocycles. The van der Waals surface area contributed by atoms with Gasteiger partial charge in [-0.05, 0) is 30.0 Å². The molecule has 1 nitrogen and oxygen atoms in total. The molecule has 0 amide bonds. The Hall–Kier alpha value is -1.76. The minimum atomic E-state index is 0.609. The van der Waals surface area contributed by atoms with Gasteiger partial charge in [-0.25, -0.2) is 0 Å². The van der Waals surface area contributed by atoms with Crippen LogP contribution in [0.3, 0.4) is 0 Å². The first-order valence-corrected chi connectivity index (χ1v) is 9.00. The van der Waals surface area contributed by atoms with E-state index in [0.29, 0.717) is 5.92 Å². The van der Waals surface area contributed by atoms with E-state index >= 15 is 0 Å². The van der Waals surface area contributed by atoms with Crippen molar-refractivity contribution in [3.05, 3.63) is 66.2 Å². The second-order valence-corrected chi connectivity index (χ2v) is 6.21. The largest absolute Gasteiger partial charge is 0.375 e. The molecule has 1 heteroatoms. The first kappa shape index (κ1) is 19.3. The van der Waals surface area contributed by atoms with E-state index in [4.69, 9.17) is 0 Å². The quantitative estimate of drug-likeness (QED) is 0.563. The fourth-order valence-corrected chi connectivity index (χ4v) is 2.50.